The number of alkyl halides is 3. The van der Waals surface area contributed by atoms with Crippen molar-refractivity contribution in [2.75, 3.05) is 13.2 Å². The van der Waals surface area contributed by atoms with Crippen LogP contribution in [0.15, 0.2) is 0 Å². The summed E-state index contributed by atoms with van der Waals surface area (Å²) in [6, 6.07) is 0. The van der Waals surface area contributed by atoms with Crippen molar-refractivity contribution in [3.8, 4) is 0 Å². The molecule has 0 spiro atoms. The van der Waals surface area contributed by atoms with Crippen LogP contribution in [-0.2, 0) is 4.74 Å². The van der Waals surface area contributed by atoms with E-state index in [-0.39, 0.29) is 19.3 Å². The fourth-order valence-corrected chi connectivity index (χ4v) is 1.73. The van der Waals surface area contributed by atoms with Gasteiger partial charge in [0.2, 0.25) is 0 Å². The van der Waals surface area contributed by atoms with Crippen molar-refractivity contribution in [1.29, 1.82) is 0 Å². The standard InChI is InChI=1S/C9H16F3NO2/c10-9(11,12)3-4-15-7-1-2-8(13,5-7)6-14/h7,14H,1-6,13H2. The van der Waals surface area contributed by atoms with E-state index in [1.807, 2.05) is 0 Å². The molecular formula is C9H16F3NO2. The molecule has 3 nitrogen and oxygen atoms in total. The predicted molar refractivity (Wildman–Crippen MR) is 48.3 cm³/mol. The van der Waals surface area contributed by atoms with Gasteiger partial charge in [-0.1, -0.05) is 0 Å². The molecule has 0 aromatic carbocycles. The Morgan fingerprint density at radius 3 is 2.60 bits per heavy atom. The summed E-state index contributed by atoms with van der Waals surface area (Å²) in [6.07, 6.45) is -3.70. The van der Waals surface area contributed by atoms with Crippen LogP contribution in [0.25, 0.3) is 0 Å². The molecule has 0 heterocycles. The molecule has 1 rings (SSSR count). The minimum atomic E-state index is -4.17. The van der Waals surface area contributed by atoms with Crippen LogP contribution in [0.1, 0.15) is 25.7 Å². The number of rotatable bonds is 4. The molecule has 0 aliphatic heterocycles. The summed E-state index contributed by atoms with van der Waals surface area (Å²) in [4.78, 5) is 0. The molecule has 15 heavy (non-hydrogen) atoms. The maximum absolute atomic E-state index is 11.8. The summed E-state index contributed by atoms with van der Waals surface area (Å²) in [5.41, 5.74) is 5.09. The molecule has 0 aromatic heterocycles. The lowest BCUT2D eigenvalue weighted by Crippen LogP contribution is -2.41. The van der Waals surface area contributed by atoms with E-state index in [0.717, 1.165) is 0 Å². The molecule has 0 bridgehead atoms. The molecule has 6 heteroatoms. The van der Waals surface area contributed by atoms with Gasteiger partial charge in [0, 0.05) is 5.54 Å². The van der Waals surface area contributed by atoms with Crippen molar-refractivity contribution < 1.29 is 23.0 Å². The van der Waals surface area contributed by atoms with E-state index in [9.17, 15) is 13.2 Å². The molecular weight excluding hydrogens is 211 g/mol. The van der Waals surface area contributed by atoms with Gasteiger partial charge in [-0.25, -0.2) is 0 Å². The van der Waals surface area contributed by atoms with Gasteiger partial charge >= 0.3 is 6.18 Å². The lowest BCUT2D eigenvalue weighted by atomic mass is 10.0. The van der Waals surface area contributed by atoms with Gasteiger partial charge in [-0.15, -0.1) is 0 Å². The van der Waals surface area contributed by atoms with E-state index in [4.69, 9.17) is 15.6 Å². The third-order valence-corrected chi connectivity index (χ3v) is 2.65. The summed E-state index contributed by atoms with van der Waals surface area (Å²) in [7, 11) is 0. The Morgan fingerprint density at radius 1 is 1.47 bits per heavy atom. The van der Waals surface area contributed by atoms with Crippen LogP contribution in [0.2, 0.25) is 0 Å². The number of nitrogens with two attached hydrogens (primary N) is 1. The van der Waals surface area contributed by atoms with Gasteiger partial charge in [0.05, 0.1) is 25.7 Å². The first-order valence-electron chi connectivity index (χ1n) is 4.93. The minimum absolute atomic E-state index is 0.147. The summed E-state index contributed by atoms with van der Waals surface area (Å²) >= 11 is 0. The minimum Gasteiger partial charge on any atom is -0.394 e. The molecule has 0 radical (unpaired) electrons. The van der Waals surface area contributed by atoms with E-state index in [1.165, 1.54) is 0 Å². The highest BCUT2D eigenvalue weighted by Crippen LogP contribution is 2.30. The second-order valence-electron chi connectivity index (χ2n) is 4.12. The monoisotopic (exact) mass is 227 g/mol. The number of hydrogen-bond acceptors (Lipinski definition) is 3. The average molecular weight is 227 g/mol. The van der Waals surface area contributed by atoms with Crippen LogP contribution >= 0.6 is 0 Å². The van der Waals surface area contributed by atoms with Crippen molar-refractivity contribution in [2.45, 2.75) is 43.5 Å². The Bertz CT molecular complexity index is 210. The van der Waals surface area contributed by atoms with Crippen molar-refractivity contribution in [2.24, 2.45) is 5.73 Å². The second kappa shape index (κ2) is 4.67. The Balaban J connectivity index is 2.20. The third kappa shape index (κ3) is 4.36. The predicted octanol–water partition coefficient (Wildman–Crippen LogP) is 1.20. The smallest absolute Gasteiger partial charge is 0.391 e. The van der Waals surface area contributed by atoms with Crippen LogP contribution in [0.3, 0.4) is 0 Å². The SMILES string of the molecule is NC1(CO)CCC(OCCC(F)(F)F)C1. The van der Waals surface area contributed by atoms with Crippen LogP contribution in [0, 0.1) is 0 Å². The maximum Gasteiger partial charge on any atom is 0.391 e. The van der Waals surface area contributed by atoms with Crippen molar-refractivity contribution >= 4 is 0 Å². The molecule has 0 amide bonds. The summed E-state index contributed by atoms with van der Waals surface area (Å²) in [6.45, 7) is -0.470. The number of aliphatic hydroxyl groups is 1. The van der Waals surface area contributed by atoms with Crippen LogP contribution in [0.5, 0.6) is 0 Å². The Hall–Kier alpha value is -0.330. The van der Waals surface area contributed by atoms with Crippen molar-refractivity contribution in [3.63, 3.8) is 0 Å². The van der Waals surface area contributed by atoms with Crippen molar-refractivity contribution in [3.05, 3.63) is 0 Å². The summed E-state index contributed by atoms with van der Waals surface area (Å²) < 4.78 is 40.5. The van der Waals surface area contributed by atoms with Crippen LogP contribution < -0.4 is 5.73 Å². The van der Waals surface area contributed by atoms with Gasteiger partial charge in [0.25, 0.3) is 0 Å². The van der Waals surface area contributed by atoms with Gasteiger partial charge in [-0.05, 0) is 19.3 Å². The largest absolute Gasteiger partial charge is 0.394 e. The maximum atomic E-state index is 11.8. The van der Waals surface area contributed by atoms with Gasteiger partial charge in [0.15, 0.2) is 0 Å². The Kier molecular flexibility index (Phi) is 3.97. The molecule has 0 aromatic rings. The molecule has 1 aliphatic carbocycles. The highest BCUT2D eigenvalue weighted by Gasteiger charge is 2.36. The Labute approximate surface area is 86.4 Å². The second-order valence-corrected chi connectivity index (χ2v) is 4.12. The molecule has 1 fully saturated rings. The first-order chi connectivity index (χ1) is 6.85. The molecule has 1 aliphatic rings. The highest BCUT2D eigenvalue weighted by molar-refractivity contribution is 4.93. The lowest BCUT2D eigenvalue weighted by molar-refractivity contribution is -0.148. The molecule has 90 valence electrons. The normalized spacial score (nSPS) is 32.2. The zero-order valence-electron chi connectivity index (χ0n) is 8.39. The number of aliphatic hydroxyl groups excluding tert-OH is 1. The van der Waals surface area contributed by atoms with Crippen LogP contribution in [0.4, 0.5) is 13.2 Å². The third-order valence-electron chi connectivity index (χ3n) is 2.65. The first-order valence-corrected chi connectivity index (χ1v) is 4.93. The van der Waals surface area contributed by atoms with Gasteiger partial charge < -0.3 is 15.6 Å². The van der Waals surface area contributed by atoms with E-state index in [1.54, 1.807) is 0 Å². The fraction of sp³-hybridized carbons (Fsp3) is 1.00. The molecule has 0 saturated heterocycles. The van der Waals surface area contributed by atoms with E-state index < -0.39 is 18.1 Å². The van der Waals surface area contributed by atoms with Gasteiger partial charge in [-0.3, -0.25) is 0 Å². The van der Waals surface area contributed by atoms with Crippen LogP contribution in [-0.4, -0.2) is 36.1 Å². The average Bonchev–Trinajstić information content (AvgIpc) is 2.47. The summed E-state index contributed by atoms with van der Waals surface area (Å²) in [5, 5.41) is 8.94. The zero-order chi connectivity index (χ0) is 11.5. The molecule has 1 saturated carbocycles. The van der Waals surface area contributed by atoms with Gasteiger partial charge in [0.1, 0.15) is 0 Å². The quantitative estimate of drug-likeness (QED) is 0.758. The molecule has 3 N–H and O–H groups in total. The zero-order valence-corrected chi connectivity index (χ0v) is 8.39. The van der Waals surface area contributed by atoms with E-state index in [2.05, 4.69) is 0 Å². The van der Waals surface area contributed by atoms with Crippen molar-refractivity contribution in [1.82, 2.24) is 0 Å². The molecule has 2 unspecified atom stereocenters. The van der Waals surface area contributed by atoms with E-state index in [0.29, 0.717) is 19.3 Å². The first kappa shape index (κ1) is 12.7. The topological polar surface area (TPSA) is 55.5 Å². The number of hydrogen-bond donors (Lipinski definition) is 2. The Morgan fingerprint density at radius 2 is 2.13 bits per heavy atom. The number of halogens is 3. The molecule has 2 atom stereocenters. The highest BCUT2D eigenvalue weighted by atomic mass is 19.4. The fourth-order valence-electron chi connectivity index (χ4n) is 1.73. The lowest BCUT2D eigenvalue weighted by Gasteiger charge is -2.20. The van der Waals surface area contributed by atoms with E-state index >= 15 is 0 Å². The summed E-state index contributed by atoms with van der Waals surface area (Å²) in [5.74, 6) is 0. The number of ether oxygens (including phenoxy) is 1. The van der Waals surface area contributed by atoms with Gasteiger partial charge in [-0.2, -0.15) is 13.2 Å².